The molecule has 100 valence electrons. The minimum Gasteiger partial charge on any atom is -0.349 e. The molecule has 0 aliphatic heterocycles. The number of hydrogen-bond donors (Lipinski definition) is 2. The summed E-state index contributed by atoms with van der Waals surface area (Å²) in [7, 11) is 0. The Kier molecular flexibility index (Phi) is 6.16. The lowest BCUT2D eigenvalue weighted by Crippen LogP contribution is -2.36. The number of nitrogens with one attached hydrogen (secondary N) is 1. The van der Waals surface area contributed by atoms with Crippen molar-refractivity contribution in [3.8, 4) is 0 Å². The van der Waals surface area contributed by atoms with Crippen LogP contribution >= 0.6 is 11.6 Å². The quantitative estimate of drug-likeness (QED) is 0.834. The van der Waals surface area contributed by atoms with Crippen molar-refractivity contribution in [1.82, 2.24) is 5.32 Å². The molecule has 0 aliphatic carbocycles. The summed E-state index contributed by atoms with van der Waals surface area (Å²) in [6, 6.07) is 7.46. The average Bonchev–Trinajstić information content (AvgIpc) is 2.35. The Balaban J connectivity index is 2.63. The summed E-state index contributed by atoms with van der Waals surface area (Å²) in [5, 5.41) is 3.66. The van der Waals surface area contributed by atoms with Crippen LogP contribution in [0.3, 0.4) is 0 Å². The van der Waals surface area contributed by atoms with Crippen molar-refractivity contribution in [2.24, 2.45) is 11.7 Å². The maximum atomic E-state index is 12.0. The minimum absolute atomic E-state index is 0.0202. The van der Waals surface area contributed by atoms with Crippen LogP contribution in [0, 0.1) is 5.92 Å². The summed E-state index contributed by atoms with van der Waals surface area (Å²) < 4.78 is 0. The molecular weight excluding hydrogens is 248 g/mol. The molecule has 0 spiro atoms. The van der Waals surface area contributed by atoms with E-state index in [1.54, 1.807) is 0 Å². The van der Waals surface area contributed by atoms with E-state index in [9.17, 15) is 4.79 Å². The van der Waals surface area contributed by atoms with Gasteiger partial charge in [-0.2, -0.15) is 0 Å². The van der Waals surface area contributed by atoms with E-state index in [4.69, 9.17) is 17.3 Å². The lowest BCUT2D eigenvalue weighted by atomic mass is 10.0. The van der Waals surface area contributed by atoms with Crippen molar-refractivity contribution in [3.63, 3.8) is 0 Å². The first kappa shape index (κ1) is 15.0. The van der Waals surface area contributed by atoms with E-state index in [1.807, 2.05) is 31.2 Å². The van der Waals surface area contributed by atoms with E-state index in [2.05, 4.69) is 12.2 Å². The number of amides is 1. The lowest BCUT2D eigenvalue weighted by molar-refractivity contribution is -0.125. The molecule has 18 heavy (non-hydrogen) atoms. The van der Waals surface area contributed by atoms with Crippen molar-refractivity contribution < 1.29 is 4.79 Å². The van der Waals surface area contributed by atoms with Crippen LogP contribution in [-0.4, -0.2) is 12.5 Å². The van der Waals surface area contributed by atoms with Gasteiger partial charge in [-0.15, -0.1) is 0 Å². The van der Waals surface area contributed by atoms with Crippen LogP contribution in [0.15, 0.2) is 24.3 Å². The summed E-state index contributed by atoms with van der Waals surface area (Å²) in [6.45, 7) is 4.39. The molecule has 0 saturated heterocycles. The summed E-state index contributed by atoms with van der Waals surface area (Å²) in [5.41, 5.74) is 6.62. The number of carbonyl (C=O) groups excluding carboxylic acids is 1. The maximum absolute atomic E-state index is 12.0. The van der Waals surface area contributed by atoms with Crippen LogP contribution in [0.2, 0.25) is 5.02 Å². The van der Waals surface area contributed by atoms with Gasteiger partial charge in [-0.05, 0) is 31.0 Å². The second-order valence-corrected chi connectivity index (χ2v) is 4.94. The second kappa shape index (κ2) is 7.39. The van der Waals surface area contributed by atoms with E-state index in [-0.39, 0.29) is 17.9 Å². The zero-order chi connectivity index (χ0) is 13.5. The van der Waals surface area contributed by atoms with Gasteiger partial charge in [-0.25, -0.2) is 0 Å². The molecule has 0 radical (unpaired) electrons. The summed E-state index contributed by atoms with van der Waals surface area (Å²) in [6.07, 6.45) is 1.78. The zero-order valence-corrected chi connectivity index (χ0v) is 11.7. The van der Waals surface area contributed by atoms with Crippen LogP contribution in [0.4, 0.5) is 0 Å². The van der Waals surface area contributed by atoms with E-state index >= 15 is 0 Å². The summed E-state index contributed by atoms with van der Waals surface area (Å²) in [4.78, 5) is 12.0. The van der Waals surface area contributed by atoms with Gasteiger partial charge in [0.05, 0.1) is 12.0 Å². The number of halogens is 1. The standard InChI is InChI=1S/C14H21ClN2O/c1-3-5-12(9-16)14(18)17-10(2)11-6-4-7-13(15)8-11/h4,6-8,10,12H,3,5,9,16H2,1-2H3,(H,17,18)/t10-,12?/m1/s1. The van der Waals surface area contributed by atoms with Gasteiger partial charge in [-0.1, -0.05) is 37.1 Å². The first-order valence-electron chi connectivity index (χ1n) is 6.34. The highest BCUT2D eigenvalue weighted by Gasteiger charge is 2.18. The number of hydrogen-bond acceptors (Lipinski definition) is 2. The Morgan fingerprint density at radius 1 is 1.50 bits per heavy atom. The largest absolute Gasteiger partial charge is 0.349 e. The number of benzene rings is 1. The zero-order valence-electron chi connectivity index (χ0n) is 10.9. The third kappa shape index (κ3) is 4.31. The fraction of sp³-hybridized carbons (Fsp3) is 0.500. The van der Waals surface area contributed by atoms with Crippen LogP contribution in [0.1, 0.15) is 38.3 Å². The maximum Gasteiger partial charge on any atom is 0.224 e. The molecule has 0 aliphatic rings. The Morgan fingerprint density at radius 3 is 2.78 bits per heavy atom. The molecule has 1 amide bonds. The highest BCUT2D eigenvalue weighted by molar-refractivity contribution is 6.30. The molecule has 3 N–H and O–H groups in total. The van der Waals surface area contributed by atoms with Crippen LogP contribution in [-0.2, 0) is 4.79 Å². The Bertz CT molecular complexity index is 395. The Labute approximate surface area is 114 Å². The monoisotopic (exact) mass is 268 g/mol. The molecule has 1 rings (SSSR count). The Hall–Kier alpha value is -1.06. The molecule has 1 unspecified atom stereocenters. The molecule has 3 nitrogen and oxygen atoms in total. The van der Waals surface area contributed by atoms with Gasteiger partial charge < -0.3 is 11.1 Å². The van der Waals surface area contributed by atoms with E-state index in [0.29, 0.717) is 11.6 Å². The Morgan fingerprint density at radius 2 is 2.22 bits per heavy atom. The first-order chi connectivity index (χ1) is 8.58. The van der Waals surface area contributed by atoms with Crippen LogP contribution < -0.4 is 11.1 Å². The predicted octanol–water partition coefficient (Wildman–Crippen LogP) is 2.89. The van der Waals surface area contributed by atoms with Crippen LogP contribution in [0.25, 0.3) is 0 Å². The predicted molar refractivity (Wildman–Crippen MR) is 75.5 cm³/mol. The number of carbonyl (C=O) groups is 1. The SMILES string of the molecule is CCCC(CN)C(=O)N[C@H](C)c1cccc(Cl)c1. The molecule has 0 fully saturated rings. The van der Waals surface area contributed by atoms with Gasteiger partial charge in [-0.3, -0.25) is 4.79 Å². The third-order valence-corrected chi connectivity index (χ3v) is 3.23. The van der Waals surface area contributed by atoms with Crippen molar-refractivity contribution in [2.45, 2.75) is 32.7 Å². The average molecular weight is 269 g/mol. The topological polar surface area (TPSA) is 55.1 Å². The molecule has 0 bridgehead atoms. The summed E-state index contributed by atoms with van der Waals surface area (Å²) >= 11 is 5.93. The van der Waals surface area contributed by atoms with E-state index in [0.717, 1.165) is 18.4 Å². The lowest BCUT2D eigenvalue weighted by Gasteiger charge is -2.19. The van der Waals surface area contributed by atoms with Gasteiger partial charge in [0.25, 0.3) is 0 Å². The van der Waals surface area contributed by atoms with Crippen molar-refractivity contribution in [1.29, 1.82) is 0 Å². The fourth-order valence-electron chi connectivity index (χ4n) is 1.89. The summed E-state index contributed by atoms with van der Waals surface area (Å²) in [5.74, 6) is -0.0801. The van der Waals surface area contributed by atoms with Gasteiger partial charge in [0, 0.05) is 11.6 Å². The molecule has 0 saturated carbocycles. The number of nitrogens with two attached hydrogens (primary N) is 1. The highest BCUT2D eigenvalue weighted by atomic mass is 35.5. The second-order valence-electron chi connectivity index (χ2n) is 4.51. The molecular formula is C14H21ClN2O. The van der Waals surface area contributed by atoms with Crippen molar-refractivity contribution in [3.05, 3.63) is 34.9 Å². The van der Waals surface area contributed by atoms with Crippen molar-refractivity contribution in [2.75, 3.05) is 6.54 Å². The third-order valence-electron chi connectivity index (χ3n) is 3.00. The molecule has 0 aromatic heterocycles. The normalized spacial score (nSPS) is 14.0. The molecule has 0 heterocycles. The van der Waals surface area contributed by atoms with Gasteiger partial charge in [0.2, 0.25) is 5.91 Å². The van der Waals surface area contributed by atoms with E-state index in [1.165, 1.54) is 0 Å². The van der Waals surface area contributed by atoms with Crippen LogP contribution in [0.5, 0.6) is 0 Å². The van der Waals surface area contributed by atoms with Crippen molar-refractivity contribution >= 4 is 17.5 Å². The van der Waals surface area contributed by atoms with Gasteiger partial charge >= 0.3 is 0 Å². The highest BCUT2D eigenvalue weighted by Crippen LogP contribution is 2.18. The molecule has 1 aromatic rings. The number of rotatable bonds is 6. The van der Waals surface area contributed by atoms with Gasteiger partial charge in [0.1, 0.15) is 0 Å². The fourth-order valence-corrected chi connectivity index (χ4v) is 2.09. The molecule has 4 heteroatoms. The smallest absolute Gasteiger partial charge is 0.224 e. The van der Waals surface area contributed by atoms with Gasteiger partial charge in [0.15, 0.2) is 0 Å². The van der Waals surface area contributed by atoms with E-state index < -0.39 is 0 Å². The molecule has 2 atom stereocenters. The molecule has 1 aromatic carbocycles. The minimum atomic E-state index is -0.100. The first-order valence-corrected chi connectivity index (χ1v) is 6.72.